The Hall–Kier alpha value is -3.66. The third-order valence-corrected chi connectivity index (χ3v) is 9.23. The Kier molecular flexibility index (Phi) is 7.36. The summed E-state index contributed by atoms with van der Waals surface area (Å²) in [6.45, 7) is 2.22. The highest BCUT2D eigenvalue weighted by Gasteiger charge is 2.22. The lowest BCUT2D eigenvalue weighted by Gasteiger charge is -2.19. The van der Waals surface area contributed by atoms with Gasteiger partial charge in [0.25, 0.3) is 11.8 Å². The zero-order valence-electron chi connectivity index (χ0n) is 21.5. The van der Waals surface area contributed by atoms with Gasteiger partial charge in [0.15, 0.2) is 0 Å². The molecule has 9 heteroatoms. The summed E-state index contributed by atoms with van der Waals surface area (Å²) in [5, 5.41) is 6.81. The molecule has 39 heavy (non-hydrogen) atoms. The summed E-state index contributed by atoms with van der Waals surface area (Å²) >= 11 is 3.06. The van der Waals surface area contributed by atoms with E-state index in [2.05, 4.69) is 27.6 Å². The molecule has 0 spiro atoms. The summed E-state index contributed by atoms with van der Waals surface area (Å²) in [7, 11) is 2.15. The smallest absolute Gasteiger partial charge is 0.256 e. The molecule has 2 aliphatic heterocycles. The van der Waals surface area contributed by atoms with Gasteiger partial charge in [-0.15, -0.1) is 11.3 Å². The van der Waals surface area contributed by atoms with Gasteiger partial charge in [0, 0.05) is 38.0 Å². The number of thiazole rings is 1. The molecule has 2 N–H and O–H groups in total. The van der Waals surface area contributed by atoms with E-state index in [-0.39, 0.29) is 11.8 Å². The summed E-state index contributed by atoms with van der Waals surface area (Å²) in [6.07, 6.45) is 4.21. The van der Waals surface area contributed by atoms with Crippen LogP contribution in [-0.2, 0) is 6.54 Å². The number of nitrogens with one attached hydrogen (secondary N) is 2. The van der Waals surface area contributed by atoms with E-state index in [0.717, 1.165) is 37.5 Å². The summed E-state index contributed by atoms with van der Waals surface area (Å²) in [6, 6.07) is 21.4. The van der Waals surface area contributed by atoms with E-state index >= 15 is 0 Å². The monoisotopic (exact) mass is 556 g/mol. The highest BCUT2D eigenvalue weighted by Crippen LogP contribution is 2.39. The molecule has 198 valence electrons. The van der Waals surface area contributed by atoms with Crippen molar-refractivity contribution in [2.24, 2.45) is 0 Å². The molecule has 4 aromatic rings. The number of nitrogens with zero attached hydrogens (tertiary/aromatic N) is 2. The maximum absolute atomic E-state index is 12.9. The molecule has 3 heterocycles. The van der Waals surface area contributed by atoms with Crippen molar-refractivity contribution in [1.29, 1.82) is 0 Å². The second-order valence-electron chi connectivity index (χ2n) is 9.69. The first kappa shape index (κ1) is 25.6. The van der Waals surface area contributed by atoms with Gasteiger partial charge in [-0.1, -0.05) is 23.9 Å². The molecule has 1 aromatic heterocycles. The molecule has 0 radical (unpaired) electrons. The van der Waals surface area contributed by atoms with Crippen LogP contribution in [-0.4, -0.2) is 47.9 Å². The minimum Gasteiger partial charge on any atom is -0.492 e. The molecule has 1 fully saturated rings. The lowest BCUT2D eigenvalue weighted by atomic mass is 10.1. The number of hydrogen-bond acceptors (Lipinski definition) is 7. The van der Waals surface area contributed by atoms with Crippen LogP contribution < -0.4 is 15.4 Å². The fraction of sp³-hybridized carbons (Fsp3) is 0.233. The fourth-order valence-corrected chi connectivity index (χ4v) is 6.65. The fourth-order valence-electron chi connectivity index (χ4n) is 4.78. The Bertz CT molecular complexity index is 1520. The molecule has 7 nitrogen and oxygen atoms in total. The predicted molar refractivity (Wildman–Crippen MR) is 155 cm³/mol. The van der Waals surface area contributed by atoms with E-state index < -0.39 is 0 Å². The first-order valence-electron chi connectivity index (χ1n) is 12.9. The van der Waals surface area contributed by atoms with Crippen LogP contribution in [0.25, 0.3) is 10.6 Å². The van der Waals surface area contributed by atoms with Crippen LogP contribution in [0.15, 0.2) is 82.7 Å². The Morgan fingerprint density at radius 1 is 1.13 bits per heavy atom. The number of carbonyl (C=O) groups excluding carboxylic acids is 2. The predicted octanol–water partition coefficient (Wildman–Crippen LogP) is 5.93. The van der Waals surface area contributed by atoms with Gasteiger partial charge in [0.1, 0.15) is 17.4 Å². The Labute approximate surface area is 235 Å². The van der Waals surface area contributed by atoms with Gasteiger partial charge in [0.2, 0.25) is 0 Å². The molecule has 2 amide bonds. The summed E-state index contributed by atoms with van der Waals surface area (Å²) in [5.74, 6) is 0.484. The number of anilines is 1. The number of amides is 2. The summed E-state index contributed by atoms with van der Waals surface area (Å²) in [4.78, 5) is 35.2. The molecule has 3 aromatic carbocycles. The topological polar surface area (TPSA) is 83.6 Å². The number of aromatic nitrogens is 1. The van der Waals surface area contributed by atoms with Crippen molar-refractivity contribution in [3.05, 3.63) is 88.9 Å². The zero-order chi connectivity index (χ0) is 26.8. The van der Waals surface area contributed by atoms with Crippen LogP contribution in [0.1, 0.15) is 38.4 Å². The minimum atomic E-state index is -0.205. The van der Waals surface area contributed by atoms with E-state index in [4.69, 9.17) is 4.74 Å². The molecule has 1 saturated heterocycles. The van der Waals surface area contributed by atoms with Gasteiger partial charge in [-0.3, -0.25) is 9.59 Å². The van der Waals surface area contributed by atoms with E-state index in [9.17, 15) is 9.59 Å². The zero-order valence-corrected chi connectivity index (χ0v) is 23.1. The summed E-state index contributed by atoms with van der Waals surface area (Å²) in [5.41, 5.74) is 2.77. The number of rotatable bonds is 7. The first-order chi connectivity index (χ1) is 19.0. The van der Waals surface area contributed by atoms with Gasteiger partial charge in [-0.2, -0.15) is 0 Å². The lowest BCUT2D eigenvalue weighted by molar-refractivity contribution is 0.0949. The first-order valence-corrected chi connectivity index (χ1v) is 14.6. The Morgan fingerprint density at radius 3 is 2.79 bits per heavy atom. The molecule has 0 saturated carbocycles. The van der Waals surface area contributed by atoms with Gasteiger partial charge >= 0.3 is 0 Å². The second kappa shape index (κ2) is 11.2. The SMILES string of the molecule is CN1CCCC1COc1ccc(-c2ncc(CNC(=O)c3ccc4c(c3)NC(=O)c3ccccc3S4)s2)cc1. The van der Waals surface area contributed by atoms with Crippen molar-refractivity contribution in [3.8, 4) is 16.3 Å². The number of likely N-dealkylation sites (tertiary alicyclic amines) is 1. The standard InChI is InChI=1S/C30H28N4O3S2/c1-34-14-4-5-21(34)18-37-22-11-8-19(9-12-22)30-32-17-23(38-30)16-31-28(35)20-10-13-27-25(15-20)33-29(36)24-6-2-3-7-26(24)39-27/h2-3,6-13,15,17,21H,4-5,14,16,18H2,1H3,(H,31,35)(H,33,36). The second-order valence-corrected chi connectivity index (χ2v) is 11.9. The third-order valence-electron chi connectivity index (χ3n) is 7.03. The molecule has 2 aliphatic rings. The van der Waals surface area contributed by atoms with Crippen molar-refractivity contribution in [2.75, 3.05) is 25.5 Å². The van der Waals surface area contributed by atoms with Crippen LogP contribution in [0.2, 0.25) is 0 Å². The van der Waals surface area contributed by atoms with Crippen molar-refractivity contribution in [3.63, 3.8) is 0 Å². The van der Waals surface area contributed by atoms with Crippen molar-refractivity contribution in [2.45, 2.75) is 35.2 Å². The van der Waals surface area contributed by atoms with Crippen LogP contribution in [0.3, 0.4) is 0 Å². The number of fused-ring (bicyclic) bond motifs is 2. The van der Waals surface area contributed by atoms with Crippen LogP contribution in [0, 0.1) is 0 Å². The van der Waals surface area contributed by atoms with Gasteiger partial charge < -0.3 is 20.3 Å². The number of benzene rings is 3. The van der Waals surface area contributed by atoms with E-state index in [1.54, 1.807) is 35.7 Å². The maximum Gasteiger partial charge on any atom is 0.256 e. The van der Waals surface area contributed by atoms with Gasteiger partial charge in [0.05, 0.1) is 17.8 Å². The van der Waals surface area contributed by atoms with E-state index in [1.165, 1.54) is 24.6 Å². The molecule has 0 bridgehead atoms. The molecule has 0 aliphatic carbocycles. The Morgan fingerprint density at radius 2 is 1.97 bits per heavy atom. The summed E-state index contributed by atoms with van der Waals surface area (Å²) < 4.78 is 6.00. The van der Waals surface area contributed by atoms with Crippen LogP contribution in [0.5, 0.6) is 5.75 Å². The molecule has 1 unspecified atom stereocenters. The van der Waals surface area contributed by atoms with E-state index in [1.807, 2.05) is 48.5 Å². The number of likely N-dealkylation sites (N-methyl/N-ethyl adjacent to an activating group) is 1. The highest BCUT2D eigenvalue weighted by molar-refractivity contribution is 7.99. The van der Waals surface area contributed by atoms with Crippen molar-refractivity contribution < 1.29 is 14.3 Å². The average molecular weight is 557 g/mol. The molecule has 6 rings (SSSR count). The van der Waals surface area contributed by atoms with Gasteiger partial charge in [-0.05, 0) is 81.0 Å². The number of hydrogen-bond donors (Lipinski definition) is 2. The molecular weight excluding hydrogens is 528 g/mol. The van der Waals surface area contributed by atoms with Crippen LogP contribution >= 0.6 is 23.1 Å². The minimum absolute atomic E-state index is 0.174. The molecule has 1 atom stereocenters. The highest BCUT2D eigenvalue weighted by atomic mass is 32.2. The maximum atomic E-state index is 12.9. The van der Waals surface area contributed by atoms with Crippen molar-refractivity contribution >= 4 is 40.6 Å². The quantitative estimate of drug-likeness (QED) is 0.294. The normalized spacial score (nSPS) is 16.6. The largest absolute Gasteiger partial charge is 0.492 e. The molecular formula is C30H28N4O3S2. The number of ether oxygens (including phenoxy) is 1. The number of carbonyl (C=O) groups is 2. The third kappa shape index (κ3) is 5.71. The average Bonchev–Trinajstić information content (AvgIpc) is 3.57. The van der Waals surface area contributed by atoms with Gasteiger partial charge in [-0.25, -0.2) is 4.98 Å². The van der Waals surface area contributed by atoms with E-state index in [0.29, 0.717) is 36.0 Å². The Balaban J connectivity index is 1.06. The lowest BCUT2D eigenvalue weighted by Crippen LogP contribution is -2.30. The van der Waals surface area contributed by atoms with Crippen LogP contribution in [0.4, 0.5) is 5.69 Å². The van der Waals surface area contributed by atoms with Crippen molar-refractivity contribution in [1.82, 2.24) is 15.2 Å².